The Labute approximate surface area is 128 Å². The van der Waals surface area contributed by atoms with Crippen molar-refractivity contribution >= 4 is 23.7 Å². The fraction of sp³-hybridized carbons (Fsp3) is 0.786. The molecule has 0 bridgehead atoms. The molecule has 1 heterocycles. The molecular weight excluding hydrogens is 278 g/mol. The summed E-state index contributed by atoms with van der Waals surface area (Å²) >= 11 is 1.82. The molecule has 0 atom stereocenters. The Hall–Kier alpha value is -0.160. The molecule has 0 unspecified atom stereocenters. The topological polar surface area (TPSA) is 42.2 Å². The summed E-state index contributed by atoms with van der Waals surface area (Å²) in [6, 6.07) is 0. The van der Waals surface area contributed by atoms with Crippen LogP contribution < -0.4 is 5.73 Å². The molecule has 0 saturated carbocycles. The number of nitrogens with zero attached hydrogens (tertiary/aromatic N) is 2. The van der Waals surface area contributed by atoms with Gasteiger partial charge in [-0.15, -0.1) is 23.7 Å². The van der Waals surface area contributed by atoms with E-state index >= 15 is 0 Å². The second-order valence-electron chi connectivity index (χ2n) is 6.91. The fourth-order valence-corrected chi connectivity index (χ4v) is 2.87. The van der Waals surface area contributed by atoms with Gasteiger partial charge in [0.15, 0.2) is 0 Å². The van der Waals surface area contributed by atoms with Crippen molar-refractivity contribution in [3.8, 4) is 0 Å². The van der Waals surface area contributed by atoms with E-state index in [4.69, 9.17) is 5.73 Å². The van der Waals surface area contributed by atoms with Crippen molar-refractivity contribution in [3.05, 3.63) is 16.1 Å². The minimum Gasteiger partial charge on any atom is -0.330 e. The molecular formula is C14H28ClN3S. The van der Waals surface area contributed by atoms with Crippen LogP contribution in [0.5, 0.6) is 0 Å². The van der Waals surface area contributed by atoms with E-state index in [1.165, 1.54) is 9.88 Å². The maximum Gasteiger partial charge on any atom is 0.107 e. The summed E-state index contributed by atoms with van der Waals surface area (Å²) in [4.78, 5) is 8.18. The number of halogens is 1. The van der Waals surface area contributed by atoms with Gasteiger partial charge in [0, 0.05) is 17.6 Å². The smallest absolute Gasteiger partial charge is 0.107 e. The van der Waals surface area contributed by atoms with Gasteiger partial charge in [-0.3, -0.25) is 4.90 Å². The van der Waals surface area contributed by atoms with Crippen LogP contribution >= 0.6 is 23.7 Å². The van der Waals surface area contributed by atoms with Crippen molar-refractivity contribution < 1.29 is 0 Å². The molecule has 0 spiro atoms. The van der Waals surface area contributed by atoms with Gasteiger partial charge in [-0.1, -0.05) is 34.6 Å². The molecule has 5 heteroatoms. The molecule has 1 aromatic rings. The lowest BCUT2D eigenvalue weighted by atomic mass is 9.93. The molecule has 0 radical (unpaired) electrons. The lowest BCUT2D eigenvalue weighted by Crippen LogP contribution is -2.36. The molecule has 0 fully saturated rings. The molecule has 1 aromatic heterocycles. The highest BCUT2D eigenvalue weighted by atomic mass is 35.5. The summed E-state index contributed by atoms with van der Waals surface area (Å²) in [5.41, 5.74) is 6.13. The summed E-state index contributed by atoms with van der Waals surface area (Å²) in [5.74, 6) is 0. The van der Waals surface area contributed by atoms with Gasteiger partial charge >= 0.3 is 0 Å². The molecule has 3 nitrogen and oxygen atoms in total. The average Bonchev–Trinajstić information content (AvgIpc) is 2.64. The number of nitrogens with two attached hydrogens (primary N) is 1. The number of thiazole rings is 1. The Morgan fingerprint density at radius 2 is 1.84 bits per heavy atom. The Bertz CT molecular complexity index is 382. The number of aromatic nitrogens is 1. The molecule has 112 valence electrons. The largest absolute Gasteiger partial charge is 0.330 e. The Morgan fingerprint density at radius 3 is 2.26 bits per heavy atom. The third-order valence-electron chi connectivity index (χ3n) is 2.95. The Morgan fingerprint density at radius 1 is 1.26 bits per heavy atom. The summed E-state index contributed by atoms with van der Waals surface area (Å²) < 4.78 is 0. The van der Waals surface area contributed by atoms with Crippen LogP contribution in [-0.2, 0) is 12.0 Å². The highest BCUT2D eigenvalue weighted by Gasteiger charge is 2.20. The summed E-state index contributed by atoms with van der Waals surface area (Å²) in [6.45, 7) is 13.7. The van der Waals surface area contributed by atoms with Gasteiger partial charge in [-0.2, -0.15) is 0 Å². The van der Waals surface area contributed by atoms with E-state index in [0.717, 1.165) is 13.1 Å². The van der Waals surface area contributed by atoms with Crippen molar-refractivity contribution in [2.24, 2.45) is 11.1 Å². The quantitative estimate of drug-likeness (QED) is 0.908. The third kappa shape index (κ3) is 6.21. The van der Waals surface area contributed by atoms with E-state index in [0.29, 0.717) is 6.54 Å². The van der Waals surface area contributed by atoms with E-state index in [1.54, 1.807) is 0 Å². The third-order valence-corrected chi connectivity index (χ3v) is 4.36. The van der Waals surface area contributed by atoms with E-state index in [1.807, 2.05) is 17.5 Å². The van der Waals surface area contributed by atoms with Gasteiger partial charge in [0.1, 0.15) is 5.01 Å². The molecule has 1 rings (SSSR count). The van der Waals surface area contributed by atoms with Crippen LogP contribution in [0.1, 0.15) is 44.5 Å². The predicted molar refractivity (Wildman–Crippen MR) is 87.2 cm³/mol. The number of hydrogen-bond donors (Lipinski definition) is 1. The van der Waals surface area contributed by atoms with Crippen LogP contribution in [0.3, 0.4) is 0 Å². The molecule has 0 aromatic carbocycles. The predicted octanol–water partition coefficient (Wildman–Crippen LogP) is 3.28. The van der Waals surface area contributed by atoms with Crippen LogP contribution in [0.4, 0.5) is 0 Å². The molecule has 0 aliphatic heterocycles. The minimum absolute atomic E-state index is 0. The zero-order valence-electron chi connectivity index (χ0n) is 13.0. The number of hydrogen-bond acceptors (Lipinski definition) is 4. The van der Waals surface area contributed by atoms with E-state index in [9.17, 15) is 0 Å². The first-order chi connectivity index (χ1) is 8.14. The van der Waals surface area contributed by atoms with Crippen LogP contribution in [0.15, 0.2) is 6.20 Å². The summed E-state index contributed by atoms with van der Waals surface area (Å²) in [5, 5.41) is 1.19. The van der Waals surface area contributed by atoms with E-state index in [-0.39, 0.29) is 23.2 Å². The zero-order valence-corrected chi connectivity index (χ0v) is 14.6. The van der Waals surface area contributed by atoms with E-state index in [2.05, 4.69) is 51.6 Å². The lowest BCUT2D eigenvalue weighted by Gasteiger charge is -2.28. The van der Waals surface area contributed by atoms with Crippen molar-refractivity contribution in [2.45, 2.75) is 46.6 Å². The molecule has 0 amide bonds. The average molecular weight is 306 g/mol. The van der Waals surface area contributed by atoms with Gasteiger partial charge in [0.2, 0.25) is 0 Å². The first kappa shape index (κ1) is 18.8. The maximum absolute atomic E-state index is 5.77. The van der Waals surface area contributed by atoms with Crippen molar-refractivity contribution in [3.63, 3.8) is 0 Å². The van der Waals surface area contributed by atoms with Gasteiger partial charge < -0.3 is 5.73 Å². The molecule has 19 heavy (non-hydrogen) atoms. The summed E-state index contributed by atoms with van der Waals surface area (Å²) in [7, 11) is 2.13. The standard InChI is InChI=1S/C14H27N3S.ClH/c1-13(2,3)11-7-16-12(18-11)8-17(6)10-14(4,5)9-15;/h7H,8-10,15H2,1-6H3;1H. The highest BCUT2D eigenvalue weighted by molar-refractivity contribution is 7.11. The van der Waals surface area contributed by atoms with Crippen molar-refractivity contribution in [2.75, 3.05) is 20.1 Å². The maximum atomic E-state index is 5.77. The van der Waals surface area contributed by atoms with Crippen LogP contribution in [0.2, 0.25) is 0 Å². The molecule has 0 aliphatic carbocycles. The molecule has 2 N–H and O–H groups in total. The van der Waals surface area contributed by atoms with E-state index < -0.39 is 0 Å². The fourth-order valence-electron chi connectivity index (χ4n) is 1.81. The highest BCUT2D eigenvalue weighted by Crippen LogP contribution is 2.28. The molecule has 0 aliphatic rings. The molecule has 0 saturated heterocycles. The van der Waals surface area contributed by atoms with Crippen LogP contribution in [-0.4, -0.2) is 30.0 Å². The monoisotopic (exact) mass is 305 g/mol. The second kappa shape index (κ2) is 7.02. The zero-order chi connectivity index (χ0) is 14.0. The Kier molecular flexibility index (Phi) is 6.96. The normalized spacial score (nSPS) is 12.6. The summed E-state index contributed by atoms with van der Waals surface area (Å²) in [6.07, 6.45) is 2.02. The first-order valence-electron chi connectivity index (χ1n) is 6.48. The lowest BCUT2D eigenvalue weighted by molar-refractivity contribution is 0.209. The van der Waals surface area contributed by atoms with Crippen LogP contribution in [0, 0.1) is 5.41 Å². The minimum atomic E-state index is 0. The Balaban J connectivity index is 0.00000324. The van der Waals surface area contributed by atoms with Gasteiger partial charge in [-0.25, -0.2) is 4.98 Å². The van der Waals surface area contributed by atoms with Crippen LogP contribution in [0.25, 0.3) is 0 Å². The van der Waals surface area contributed by atoms with Crippen molar-refractivity contribution in [1.82, 2.24) is 9.88 Å². The van der Waals surface area contributed by atoms with Gasteiger partial charge in [0.25, 0.3) is 0 Å². The first-order valence-corrected chi connectivity index (χ1v) is 7.29. The van der Waals surface area contributed by atoms with Gasteiger partial charge in [0.05, 0.1) is 6.54 Å². The SMILES string of the molecule is CN(Cc1ncc(C(C)(C)C)s1)CC(C)(C)CN.Cl. The number of rotatable bonds is 5. The van der Waals surface area contributed by atoms with Crippen molar-refractivity contribution in [1.29, 1.82) is 0 Å². The van der Waals surface area contributed by atoms with Gasteiger partial charge in [-0.05, 0) is 24.4 Å². The second-order valence-corrected chi connectivity index (χ2v) is 8.02.